The fraction of sp³-hybridized carbons (Fsp3) is 0.364. The molecule has 1 heterocycles. The lowest BCUT2D eigenvalue weighted by Gasteiger charge is -2.12. The Labute approximate surface area is 93.0 Å². The van der Waals surface area contributed by atoms with E-state index in [4.69, 9.17) is 14.3 Å². The number of aliphatic hydroxyl groups excluding tert-OH is 1. The van der Waals surface area contributed by atoms with Crippen LogP contribution in [0.2, 0.25) is 0 Å². The molecule has 2 rings (SSSR count). The Hall–Kier alpha value is -1.59. The van der Waals surface area contributed by atoms with Gasteiger partial charge >= 0.3 is 0 Å². The first-order valence-corrected chi connectivity index (χ1v) is 5.05. The van der Waals surface area contributed by atoms with Gasteiger partial charge in [-0.25, -0.2) is 0 Å². The number of rotatable bonds is 5. The summed E-state index contributed by atoms with van der Waals surface area (Å²) in [4.78, 5) is 4.24. The predicted molar refractivity (Wildman–Crippen MR) is 60.4 cm³/mol. The molecule has 1 aromatic carbocycles. The zero-order valence-electron chi connectivity index (χ0n) is 9.01. The van der Waals surface area contributed by atoms with Crippen molar-refractivity contribution in [2.24, 2.45) is 0 Å². The summed E-state index contributed by atoms with van der Waals surface area (Å²) in [5.74, 6) is 0. The maximum absolute atomic E-state index is 9.08. The van der Waals surface area contributed by atoms with E-state index >= 15 is 0 Å². The quantitative estimate of drug-likeness (QED) is 0.796. The molecule has 1 unspecified atom stereocenters. The average Bonchev–Trinajstić information content (AvgIpc) is 2.70. The second kappa shape index (κ2) is 4.96. The van der Waals surface area contributed by atoms with Crippen LogP contribution in [0.15, 0.2) is 28.7 Å². The maximum atomic E-state index is 9.08. The molecular weight excluding hydrogens is 208 g/mol. The SMILES string of the molecule is COCC(CO)Nc1nc2ccccc2o1. The molecule has 86 valence electrons. The number of aliphatic hydroxyl groups is 1. The van der Waals surface area contributed by atoms with E-state index in [-0.39, 0.29) is 12.6 Å². The molecule has 0 radical (unpaired) electrons. The van der Waals surface area contributed by atoms with Crippen LogP contribution in [0.25, 0.3) is 11.1 Å². The first-order valence-electron chi connectivity index (χ1n) is 5.05. The second-order valence-corrected chi connectivity index (χ2v) is 3.47. The summed E-state index contributed by atoms with van der Waals surface area (Å²) in [5.41, 5.74) is 1.51. The highest BCUT2D eigenvalue weighted by Gasteiger charge is 2.11. The number of nitrogens with one attached hydrogen (secondary N) is 1. The Morgan fingerprint density at radius 3 is 3.00 bits per heavy atom. The van der Waals surface area contributed by atoms with Crippen molar-refractivity contribution in [1.82, 2.24) is 4.98 Å². The Bertz CT molecular complexity index is 422. The lowest BCUT2D eigenvalue weighted by Crippen LogP contribution is -2.28. The number of anilines is 1. The fourth-order valence-corrected chi connectivity index (χ4v) is 1.45. The van der Waals surface area contributed by atoms with Crippen LogP contribution >= 0.6 is 0 Å². The van der Waals surface area contributed by atoms with Crippen LogP contribution in [0.4, 0.5) is 6.01 Å². The lowest BCUT2D eigenvalue weighted by molar-refractivity contribution is 0.152. The predicted octanol–water partition coefficient (Wildman–Crippen LogP) is 1.25. The van der Waals surface area contributed by atoms with Gasteiger partial charge in [-0.15, -0.1) is 0 Å². The summed E-state index contributed by atoms with van der Waals surface area (Å²) in [6, 6.07) is 7.69. The first-order chi connectivity index (χ1) is 7.83. The van der Waals surface area contributed by atoms with Gasteiger partial charge in [0.1, 0.15) is 5.52 Å². The van der Waals surface area contributed by atoms with E-state index in [0.717, 1.165) is 11.1 Å². The molecule has 0 aliphatic carbocycles. The summed E-state index contributed by atoms with van der Waals surface area (Å²) in [6.07, 6.45) is 0. The molecular formula is C11H14N2O3. The average molecular weight is 222 g/mol. The number of para-hydroxylation sites is 2. The van der Waals surface area contributed by atoms with Crippen molar-refractivity contribution in [3.8, 4) is 0 Å². The highest BCUT2D eigenvalue weighted by molar-refractivity contribution is 5.74. The Morgan fingerprint density at radius 2 is 2.31 bits per heavy atom. The Morgan fingerprint density at radius 1 is 1.50 bits per heavy atom. The molecule has 0 bridgehead atoms. The van der Waals surface area contributed by atoms with E-state index in [0.29, 0.717) is 12.6 Å². The van der Waals surface area contributed by atoms with E-state index in [9.17, 15) is 0 Å². The maximum Gasteiger partial charge on any atom is 0.296 e. The third-order valence-corrected chi connectivity index (χ3v) is 2.21. The number of nitrogens with zero attached hydrogens (tertiary/aromatic N) is 1. The zero-order chi connectivity index (χ0) is 11.4. The fourth-order valence-electron chi connectivity index (χ4n) is 1.45. The van der Waals surface area contributed by atoms with Crippen LogP contribution in [0, 0.1) is 0 Å². The van der Waals surface area contributed by atoms with Crippen molar-refractivity contribution in [1.29, 1.82) is 0 Å². The monoisotopic (exact) mass is 222 g/mol. The zero-order valence-corrected chi connectivity index (χ0v) is 9.01. The van der Waals surface area contributed by atoms with Gasteiger partial charge in [-0.2, -0.15) is 4.98 Å². The summed E-state index contributed by atoms with van der Waals surface area (Å²) in [7, 11) is 1.58. The number of aromatic nitrogens is 1. The van der Waals surface area contributed by atoms with Gasteiger partial charge in [0.05, 0.1) is 19.3 Å². The number of ether oxygens (including phenoxy) is 1. The summed E-state index contributed by atoms with van der Waals surface area (Å²) >= 11 is 0. The van der Waals surface area contributed by atoms with Gasteiger partial charge in [0.2, 0.25) is 0 Å². The van der Waals surface area contributed by atoms with E-state index < -0.39 is 0 Å². The summed E-state index contributed by atoms with van der Waals surface area (Å²) < 4.78 is 10.4. The van der Waals surface area contributed by atoms with Crippen LogP contribution in [0.3, 0.4) is 0 Å². The Kier molecular flexibility index (Phi) is 3.38. The molecule has 0 saturated carbocycles. The highest BCUT2D eigenvalue weighted by atomic mass is 16.5. The second-order valence-electron chi connectivity index (χ2n) is 3.47. The molecule has 0 spiro atoms. The van der Waals surface area contributed by atoms with Gasteiger partial charge in [0.25, 0.3) is 6.01 Å². The number of oxazole rings is 1. The number of methoxy groups -OCH3 is 1. The minimum Gasteiger partial charge on any atom is -0.424 e. The summed E-state index contributed by atoms with van der Waals surface area (Å²) in [5, 5.41) is 12.0. The van der Waals surface area contributed by atoms with Crippen molar-refractivity contribution in [3.05, 3.63) is 24.3 Å². The van der Waals surface area contributed by atoms with Crippen molar-refractivity contribution in [2.75, 3.05) is 25.6 Å². The molecule has 0 fully saturated rings. The van der Waals surface area contributed by atoms with Gasteiger partial charge in [-0.1, -0.05) is 12.1 Å². The van der Waals surface area contributed by atoms with Crippen molar-refractivity contribution in [3.63, 3.8) is 0 Å². The molecule has 1 atom stereocenters. The molecule has 0 amide bonds. The number of fused-ring (bicyclic) bond motifs is 1. The topological polar surface area (TPSA) is 67.5 Å². The van der Waals surface area contributed by atoms with Gasteiger partial charge in [-0.05, 0) is 12.1 Å². The lowest BCUT2D eigenvalue weighted by atomic mass is 10.3. The van der Waals surface area contributed by atoms with Crippen molar-refractivity contribution >= 4 is 17.1 Å². The smallest absolute Gasteiger partial charge is 0.296 e. The van der Waals surface area contributed by atoms with Gasteiger partial charge in [-0.3, -0.25) is 0 Å². The van der Waals surface area contributed by atoms with Crippen LogP contribution < -0.4 is 5.32 Å². The Balaban J connectivity index is 2.14. The van der Waals surface area contributed by atoms with Gasteiger partial charge in [0, 0.05) is 7.11 Å². The van der Waals surface area contributed by atoms with Crippen LogP contribution in [0.1, 0.15) is 0 Å². The third-order valence-electron chi connectivity index (χ3n) is 2.21. The van der Waals surface area contributed by atoms with Gasteiger partial charge < -0.3 is 19.6 Å². The largest absolute Gasteiger partial charge is 0.424 e. The number of benzene rings is 1. The molecule has 2 N–H and O–H groups in total. The molecule has 5 heteroatoms. The van der Waals surface area contributed by atoms with Crippen LogP contribution in [-0.2, 0) is 4.74 Å². The molecule has 1 aromatic heterocycles. The van der Waals surface area contributed by atoms with E-state index in [1.165, 1.54) is 0 Å². The standard InChI is InChI=1S/C11H14N2O3/c1-15-7-8(6-14)12-11-13-9-4-2-3-5-10(9)16-11/h2-5,8,14H,6-7H2,1H3,(H,12,13). The van der Waals surface area contributed by atoms with E-state index in [2.05, 4.69) is 10.3 Å². The minimum atomic E-state index is -0.210. The molecule has 0 saturated heterocycles. The highest BCUT2D eigenvalue weighted by Crippen LogP contribution is 2.18. The normalized spacial score (nSPS) is 12.9. The van der Waals surface area contributed by atoms with E-state index in [1.807, 2.05) is 24.3 Å². The van der Waals surface area contributed by atoms with Crippen LogP contribution in [-0.4, -0.2) is 36.5 Å². The minimum absolute atomic E-state index is 0.0352. The molecule has 0 aliphatic rings. The molecule has 16 heavy (non-hydrogen) atoms. The molecule has 5 nitrogen and oxygen atoms in total. The van der Waals surface area contributed by atoms with Gasteiger partial charge in [0.15, 0.2) is 5.58 Å². The molecule has 2 aromatic rings. The van der Waals surface area contributed by atoms with Crippen LogP contribution in [0.5, 0.6) is 0 Å². The summed E-state index contributed by atoms with van der Waals surface area (Å²) in [6.45, 7) is 0.363. The number of hydrogen-bond acceptors (Lipinski definition) is 5. The molecule has 0 aliphatic heterocycles. The van der Waals surface area contributed by atoms with E-state index in [1.54, 1.807) is 7.11 Å². The van der Waals surface area contributed by atoms with Crippen molar-refractivity contribution < 1.29 is 14.3 Å². The first kappa shape index (κ1) is 10.9. The number of hydrogen-bond donors (Lipinski definition) is 2. The van der Waals surface area contributed by atoms with Crippen molar-refractivity contribution in [2.45, 2.75) is 6.04 Å². The third kappa shape index (κ3) is 2.32.